The Morgan fingerprint density at radius 2 is 2.26 bits per heavy atom. The number of aryl methyl sites for hydroxylation is 2. The van der Waals surface area contributed by atoms with Gasteiger partial charge in [-0.3, -0.25) is 4.68 Å². The minimum atomic E-state index is -0.290. The maximum absolute atomic E-state index is 14.7. The van der Waals surface area contributed by atoms with Crippen LogP contribution in [0.1, 0.15) is 30.0 Å². The van der Waals surface area contributed by atoms with E-state index in [1.807, 2.05) is 39.4 Å². The normalized spacial score (nSPS) is 17.2. The summed E-state index contributed by atoms with van der Waals surface area (Å²) in [6.45, 7) is 7.06. The van der Waals surface area contributed by atoms with E-state index in [2.05, 4.69) is 20.3 Å². The smallest absolute Gasteiger partial charge is 0.194 e. The lowest BCUT2D eigenvalue weighted by Crippen LogP contribution is -2.48. The van der Waals surface area contributed by atoms with Gasteiger partial charge in [0, 0.05) is 44.3 Å². The van der Waals surface area contributed by atoms with Gasteiger partial charge in [-0.2, -0.15) is 5.10 Å². The SMILES string of the molecule is CCNC(=NCc1ccc(-n2ccnc2C)c(F)c1)N1CCOC(c2cnn(C)c2)C1. The average molecular weight is 426 g/mol. The van der Waals surface area contributed by atoms with Gasteiger partial charge >= 0.3 is 0 Å². The Morgan fingerprint density at radius 3 is 2.94 bits per heavy atom. The number of benzene rings is 1. The van der Waals surface area contributed by atoms with E-state index in [0.717, 1.165) is 36.0 Å². The van der Waals surface area contributed by atoms with Crippen LogP contribution in [0, 0.1) is 12.7 Å². The van der Waals surface area contributed by atoms with Gasteiger partial charge < -0.3 is 19.5 Å². The molecule has 3 heterocycles. The zero-order chi connectivity index (χ0) is 21.8. The summed E-state index contributed by atoms with van der Waals surface area (Å²) >= 11 is 0. The summed E-state index contributed by atoms with van der Waals surface area (Å²) in [5.74, 6) is 1.26. The molecule has 1 N–H and O–H groups in total. The van der Waals surface area contributed by atoms with Crippen LogP contribution in [0.3, 0.4) is 0 Å². The van der Waals surface area contributed by atoms with E-state index in [1.165, 1.54) is 0 Å². The predicted molar refractivity (Wildman–Crippen MR) is 117 cm³/mol. The molecule has 1 atom stereocenters. The van der Waals surface area contributed by atoms with Crippen molar-refractivity contribution in [1.29, 1.82) is 0 Å². The van der Waals surface area contributed by atoms with Crippen LogP contribution in [-0.4, -0.2) is 56.4 Å². The van der Waals surface area contributed by atoms with E-state index in [1.54, 1.807) is 33.8 Å². The van der Waals surface area contributed by atoms with Crippen molar-refractivity contribution in [3.63, 3.8) is 0 Å². The first-order valence-electron chi connectivity index (χ1n) is 10.5. The quantitative estimate of drug-likeness (QED) is 0.503. The van der Waals surface area contributed by atoms with Crippen LogP contribution >= 0.6 is 0 Å². The van der Waals surface area contributed by atoms with Gasteiger partial charge in [-0.1, -0.05) is 6.07 Å². The Labute approximate surface area is 181 Å². The lowest BCUT2D eigenvalue weighted by molar-refractivity contribution is -0.00805. The minimum Gasteiger partial charge on any atom is -0.370 e. The minimum absolute atomic E-state index is 0.0542. The fourth-order valence-electron chi connectivity index (χ4n) is 3.72. The summed E-state index contributed by atoms with van der Waals surface area (Å²) in [6, 6.07) is 5.22. The molecular formula is C22H28FN7O. The summed E-state index contributed by atoms with van der Waals surface area (Å²) in [7, 11) is 1.90. The maximum atomic E-state index is 14.7. The second kappa shape index (κ2) is 9.30. The third-order valence-electron chi connectivity index (χ3n) is 5.31. The first kappa shape index (κ1) is 21.0. The van der Waals surface area contributed by atoms with Crippen LogP contribution in [0.25, 0.3) is 5.69 Å². The van der Waals surface area contributed by atoms with Crippen LogP contribution in [0.4, 0.5) is 4.39 Å². The van der Waals surface area contributed by atoms with Crippen molar-refractivity contribution in [2.45, 2.75) is 26.5 Å². The van der Waals surface area contributed by atoms with Gasteiger partial charge in [-0.15, -0.1) is 0 Å². The second-order valence-corrected chi connectivity index (χ2v) is 7.55. The van der Waals surface area contributed by atoms with E-state index in [9.17, 15) is 4.39 Å². The molecule has 1 aliphatic heterocycles. The first-order valence-corrected chi connectivity index (χ1v) is 10.5. The lowest BCUT2D eigenvalue weighted by atomic mass is 10.1. The van der Waals surface area contributed by atoms with Crippen molar-refractivity contribution >= 4 is 5.96 Å². The molecule has 0 radical (unpaired) electrons. The second-order valence-electron chi connectivity index (χ2n) is 7.55. The van der Waals surface area contributed by atoms with Crippen molar-refractivity contribution < 1.29 is 9.13 Å². The van der Waals surface area contributed by atoms with Gasteiger partial charge in [-0.05, 0) is 31.5 Å². The van der Waals surface area contributed by atoms with Crippen LogP contribution in [-0.2, 0) is 18.3 Å². The zero-order valence-corrected chi connectivity index (χ0v) is 18.1. The van der Waals surface area contributed by atoms with E-state index in [0.29, 0.717) is 25.4 Å². The molecule has 4 rings (SSSR count). The standard InChI is InChI=1S/C22H28FN7O/c1-4-24-22(29-9-10-31-21(15-29)18-13-27-28(3)14-18)26-12-17-5-6-20(19(23)11-17)30-8-7-25-16(30)2/h5-8,11,13-14,21H,4,9-10,12,15H2,1-3H3,(H,24,26). The van der Waals surface area contributed by atoms with Gasteiger partial charge in [0.05, 0.1) is 31.6 Å². The topological polar surface area (TPSA) is 72.5 Å². The number of hydrogen-bond acceptors (Lipinski definition) is 4. The molecule has 1 aromatic carbocycles. The molecule has 164 valence electrons. The highest BCUT2D eigenvalue weighted by Crippen LogP contribution is 2.22. The van der Waals surface area contributed by atoms with E-state index in [4.69, 9.17) is 9.73 Å². The maximum Gasteiger partial charge on any atom is 0.194 e. The number of imidazole rings is 1. The number of aliphatic imine (C=N–C) groups is 1. The number of rotatable bonds is 5. The number of morpholine rings is 1. The summed E-state index contributed by atoms with van der Waals surface area (Å²) in [5, 5.41) is 7.59. The van der Waals surface area contributed by atoms with Crippen molar-refractivity contribution in [3.8, 4) is 5.69 Å². The number of guanidine groups is 1. The monoisotopic (exact) mass is 425 g/mol. The van der Waals surface area contributed by atoms with Gasteiger partial charge in [0.15, 0.2) is 5.96 Å². The molecule has 31 heavy (non-hydrogen) atoms. The van der Waals surface area contributed by atoms with Crippen molar-refractivity contribution in [2.24, 2.45) is 12.0 Å². The first-order chi connectivity index (χ1) is 15.0. The van der Waals surface area contributed by atoms with Crippen molar-refractivity contribution in [1.82, 2.24) is 29.5 Å². The molecule has 1 saturated heterocycles. The Morgan fingerprint density at radius 1 is 1.39 bits per heavy atom. The fourth-order valence-corrected chi connectivity index (χ4v) is 3.72. The van der Waals surface area contributed by atoms with Crippen LogP contribution < -0.4 is 5.32 Å². The lowest BCUT2D eigenvalue weighted by Gasteiger charge is -2.34. The predicted octanol–water partition coefficient (Wildman–Crippen LogP) is 2.59. The molecule has 8 nitrogen and oxygen atoms in total. The molecule has 1 fully saturated rings. The molecule has 0 saturated carbocycles. The van der Waals surface area contributed by atoms with Crippen LogP contribution in [0.2, 0.25) is 0 Å². The molecule has 1 aliphatic rings. The van der Waals surface area contributed by atoms with E-state index in [-0.39, 0.29) is 11.9 Å². The Bertz CT molecular complexity index is 1060. The van der Waals surface area contributed by atoms with Crippen LogP contribution in [0.5, 0.6) is 0 Å². The molecule has 9 heteroatoms. The number of ether oxygens (including phenoxy) is 1. The Hall–Kier alpha value is -3.20. The molecule has 2 aromatic heterocycles. The zero-order valence-electron chi connectivity index (χ0n) is 18.1. The van der Waals surface area contributed by atoms with Crippen LogP contribution in [0.15, 0.2) is 48.0 Å². The van der Waals surface area contributed by atoms with E-state index >= 15 is 0 Å². The van der Waals surface area contributed by atoms with Gasteiger partial charge in [0.1, 0.15) is 17.7 Å². The van der Waals surface area contributed by atoms with Gasteiger partial charge in [-0.25, -0.2) is 14.4 Å². The van der Waals surface area contributed by atoms with Gasteiger partial charge in [0.2, 0.25) is 0 Å². The summed E-state index contributed by atoms with van der Waals surface area (Å²) in [6.07, 6.45) is 7.18. The van der Waals surface area contributed by atoms with Crippen molar-refractivity contribution in [2.75, 3.05) is 26.2 Å². The number of halogens is 1. The number of aromatic nitrogens is 4. The highest BCUT2D eigenvalue weighted by atomic mass is 19.1. The Balaban J connectivity index is 1.48. The largest absolute Gasteiger partial charge is 0.370 e. The van der Waals surface area contributed by atoms with Gasteiger partial charge in [0.25, 0.3) is 0 Å². The molecule has 3 aromatic rings. The Kier molecular flexibility index (Phi) is 6.31. The number of nitrogens with one attached hydrogen (secondary N) is 1. The number of nitrogens with zero attached hydrogens (tertiary/aromatic N) is 6. The summed E-state index contributed by atoms with van der Waals surface area (Å²) in [4.78, 5) is 11.1. The highest BCUT2D eigenvalue weighted by Gasteiger charge is 2.25. The third kappa shape index (κ3) is 4.77. The molecule has 0 aliphatic carbocycles. The molecule has 0 amide bonds. The number of hydrogen-bond donors (Lipinski definition) is 1. The highest BCUT2D eigenvalue weighted by molar-refractivity contribution is 5.80. The summed E-state index contributed by atoms with van der Waals surface area (Å²) in [5.41, 5.74) is 2.35. The fraction of sp³-hybridized carbons (Fsp3) is 0.409. The third-order valence-corrected chi connectivity index (χ3v) is 5.31. The van der Waals surface area contributed by atoms with E-state index < -0.39 is 0 Å². The molecular weight excluding hydrogens is 397 g/mol. The summed E-state index contributed by atoms with van der Waals surface area (Å²) < 4.78 is 24.2. The molecule has 1 unspecified atom stereocenters. The van der Waals surface area contributed by atoms with Crippen molar-refractivity contribution in [3.05, 3.63) is 65.8 Å². The molecule has 0 spiro atoms. The molecule has 0 bridgehead atoms. The average Bonchev–Trinajstić information content (AvgIpc) is 3.39.